The van der Waals surface area contributed by atoms with E-state index in [-0.39, 0.29) is 0 Å². The SMILES string of the molecule is Clc1cccc(Cl)c1N/N=C/c1ccccn1. The number of nitrogens with one attached hydrogen (secondary N) is 1. The van der Waals surface area contributed by atoms with Crippen LogP contribution in [-0.4, -0.2) is 11.2 Å². The number of hydrazone groups is 1. The molecular formula is C12H9Cl2N3. The summed E-state index contributed by atoms with van der Waals surface area (Å²) < 4.78 is 0. The minimum atomic E-state index is 0.524. The molecule has 1 aromatic heterocycles. The van der Waals surface area contributed by atoms with Crippen molar-refractivity contribution in [1.29, 1.82) is 0 Å². The molecular weight excluding hydrogens is 257 g/mol. The van der Waals surface area contributed by atoms with Crippen LogP contribution in [0.4, 0.5) is 5.69 Å². The molecule has 1 aromatic carbocycles. The highest BCUT2D eigenvalue weighted by Crippen LogP contribution is 2.29. The number of benzene rings is 1. The summed E-state index contributed by atoms with van der Waals surface area (Å²) in [6, 6.07) is 10.8. The van der Waals surface area contributed by atoms with Crippen LogP contribution in [0.3, 0.4) is 0 Å². The number of rotatable bonds is 3. The van der Waals surface area contributed by atoms with E-state index in [0.29, 0.717) is 15.7 Å². The smallest absolute Gasteiger partial charge is 0.0934 e. The van der Waals surface area contributed by atoms with Crippen LogP contribution in [0.25, 0.3) is 0 Å². The lowest BCUT2D eigenvalue weighted by molar-refractivity contribution is 1.28. The molecule has 0 saturated heterocycles. The Hall–Kier alpha value is -1.58. The first kappa shape index (κ1) is 11.9. The van der Waals surface area contributed by atoms with Gasteiger partial charge in [-0.3, -0.25) is 10.4 Å². The fraction of sp³-hybridized carbons (Fsp3) is 0. The highest BCUT2D eigenvalue weighted by atomic mass is 35.5. The van der Waals surface area contributed by atoms with E-state index in [2.05, 4.69) is 15.5 Å². The maximum absolute atomic E-state index is 5.97. The van der Waals surface area contributed by atoms with Gasteiger partial charge in [0.15, 0.2) is 0 Å². The number of hydrogen-bond acceptors (Lipinski definition) is 3. The lowest BCUT2D eigenvalue weighted by atomic mass is 10.3. The fourth-order valence-corrected chi connectivity index (χ4v) is 1.70. The van der Waals surface area contributed by atoms with Crippen molar-refractivity contribution in [3.63, 3.8) is 0 Å². The zero-order chi connectivity index (χ0) is 12.1. The van der Waals surface area contributed by atoms with Crippen molar-refractivity contribution in [2.75, 3.05) is 5.43 Å². The maximum Gasteiger partial charge on any atom is 0.0934 e. The molecule has 3 nitrogen and oxygen atoms in total. The Bertz CT molecular complexity index is 506. The molecule has 0 aliphatic heterocycles. The number of anilines is 1. The largest absolute Gasteiger partial charge is 0.275 e. The molecule has 0 aliphatic rings. The van der Waals surface area contributed by atoms with Crippen molar-refractivity contribution in [3.8, 4) is 0 Å². The third-order valence-electron chi connectivity index (χ3n) is 2.02. The normalized spacial score (nSPS) is 10.7. The summed E-state index contributed by atoms with van der Waals surface area (Å²) >= 11 is 11.9. The second-order valence-corrected chi connectivity index (χ2v) is 4.04. The Morgan fingerprint density at radius 3 is 2.47 bits per heavy atom. The van der Waals surface area contributed by atoms with Gasteiger partial charge in [0.05, 0.1) is 27.6 Å². The molecule has 0 saturated carbocycles. The first-order valence-corrected chi connectivity index (χ1v) is 5.67. The highest BCUT2D eigenvalue weighted by molar-refractivity contribution is 6.39. The second kappa shape index (κ2) is 5.66. The molecule has 2 rings (SSSR count). The van der Waals surface area contributed by atoms with Gasteiger partial charge in [0.25, 0.3) is 0 Å². The van der Waals surface area contributed by atoms with Crippen LogP contribution in [-0.2, 0) is 0 Å². The molecule has 17 heavy (non-hydrogen) atoms. The zero-order valence-electron chi connectivity index (χ0n) is 8.77. The van der Waals surface area contributed by atoms with Crippen LogP contribution in [0.2, 0.25) is 10.0 Å². The van der Waals surface area contributed by atoms with Crippen molar-refractivity contribution in [1.82, 2.24) is 4.98 Å². The predicted molar refractivity (Wildman–Crippen MR) is 71.9 cm³/mol. The van der Waals surface area contributed by atoms with E-state index >= 15 is 0 Å². The number of pyridine rings is 1. The minimum absolute atomic E-state index is 0.524. The standard InChI is InChI=1S/C12H9Cl2N3/c13-10-5-3-6-11(14)12(10)17-16-8-9-4-1-2-7-15-9/h1-8,17H/b16-8+. The summed E-state index contributed by atoms with van der Waals surface area (Å²) in [5.74, 6) is 0. The van der Waals surface area contributed by atoms with E-state index in [0.717, 1.165) is 5.69 Å². The van der Waals surface area contributed by atoms with Gasteiger partial charge in [-0.2, -0.15) is 5.10 Å². The molecule has 0 atom stereocenters. The van der Waals surface area contributed by atoms with Crippen molar-refractivity contribution < 1.29 is 0 Å². The molecule has 2 aromatic rings. The fourth-order valence-electron chi connectivity index (χ4n) is 1.22. The average Bonchev–Trinajstić information content (AvgIpc) is 2.34. The quantitative estimate of drug-likeness (QED) is 0.677. The molecule has 0 radical (unpaired) electrons. The summed E-state index contributed by atoms with van der Waals surface area (Å²) in [5, 5.41) is 5.07. The van der Waals surface area contributed by atoms with Crippen molar-refractivity contribution in [2.24, 2.45) is 5.10 Å². The number of aromatic nitrogens is 1. The van der Waals surface area contributed by atoms with Gasteiger partial charge >= 0.3 is 0 Å². The van der Waals surface area contributed by atoms with Gasteiger partial charge in [0.2, 0.25) is 0 Å². The molecule has 0 bridgehead atoms. The van der Waals surface area contributed by atoms with Crippen molar-refractivity contribution in [3.05, 3.63) is 58.3 Å². The van der Waals surface area contributed by atoms with Gasteiger partial charge in [-0.25, -0.2) is 0 Å². The Kier molecular flexibility index (Phi) is 3.96. The molecule has 1 N–H and O–H groups in total. The molecule has 0 aliphatic carbocycles. The van der Waals surface area contributed by atoms with Gasteiger partial charge < -0.3 is 0 Å². The third kappa shape index (κ3) is 3.19. The number of nitrogens with zero attached hydrogens (tertiary/aromatic N) is 2. The van der Waals surface area contributed by atoms with E-state index in [1.165, 1.54) is 0 Å². The van der Waals surface area contributed by atoms with Gasteiger partial charge in [0, 0.05) is 6.20 Å². The second-order valence-electron chi connectivity index (χ2n) is 3.22. The molecule has 5 heteroatoms. The Balaban J connectivity index is 2.10. The van der Waals surface area contributed by atoms with Crippen LogP contribution in [0, 0.1) is 0 Å². The number of hydrogen-bond donors (Lipinski definition) is 1. The van der Waals surface area contributed by atoms with E-state index in [4.69, 9.17) is 23.2 Å². The highest BCUT2D eigenvalue weighted by Gasteiger charge is 2.02. The first-order valence-electron chi connectivity index (χ1n) is 4.91. The lowest BCUT2D eigenvalue weighted by Gasteiger charge is -2.04. The van der Waals surface area contributed by atoms with Crippen LogP contribution in [0.15, 0.2) is 47.7 Å². The summed E-state index contributed by atoms with van der Waals surface area (Å²) in [6.07, 6.45) is 3.30. The summed E-state index contributed by atoms with van der Waals surface area (Å²) in [4.78, 5) is 4.10. The first-order chi connectivity index (χ1) is 8.27. The number of para-hydroxylation sites is 1. The third-order valence-corrected chi connectivity index (χ3v) is 2.65. The molecule has 0 spiro atoms. The van der Waals surface area contributed by atoms with Gasteiger partial charge in [-0.05, 0) is 24.3 Å². The zero-order valence-corrected chi connectivity index (χ0v) is 10.3. The molecule has 0 unspecified atom stereocenters. The molecule has 1 heterocycles. The Morgan fingerprint density at radius 2 is 1.82 bits per heavy atom. The summed E-state index contributed by atoms with van der Waals surface area (Å²) in [5.41, 5.74) is 4.13. The lowest BCUT2D eigenvalue weighted by Crippen LogP contribution is -1.93. The summed E-state index contributed by atoms with van der Waals surface area (Å²) in [6.45, 7) is 0. The summed E-state index contributed by atoms with van der Waals surface area (Å²) in [7, 11) is 0. The van der Waals surface area contributed by atoms with E-state index in [1.807, 2.05) is 18.2 Å². The van der Waals surface area contributed by atoms with Crippen molar-refractivity contribution in [2.45, 2.75) is 0 Å². The van der Waals surface area contributed by atoms with Crippen LogP contribution >= 0.6 is 23.2 Å². The van der Waals surface area contributed by atoms with Crippen molar-refractivity contribution >= 4 is 35.1 Å². The minimum Gasteiger partial charge on any atom is -0.275 e. The van der Waals surface area contributed by atoms with Gasteiger partial charge in [0.1, 0.15) is 0 Å². The Labute approximate surface area is 109 Å². The molecule has 0 fully saturated rings. The molecule has 86 valence electrons. The van der Waals surface area contributed by atoms with Crippen LogP contribution in [0.1, 0.15) is 5.69 Å². The van der Waals surface area contributed by atoms with Crippen LogP contribution in [0.5, 0.6) is 0 Å². The van der Waals surface area contributed by atoms with E-state index in [9.17, 15) is 0 Å². The molecule has 0 amide bonds. The Morgan fingerprint density at radius 1 is 1.06 bits per heavy atom. The van der Waals surface area contributed by atoms with Gasteiger partial charge in [-0.15, -0.1) is 0 Å². The number of halogens is 2. The van der Waals surface area contributed by atoms with E-state index < -0.39 is 0 Å². The average molecular weight is 266 g/mol. The maximum atomic E-state index is 5.97. The monoisotopic (exact) mass is 265 g/mol. The topological polar surface area (TPSA) is 37.3 Å². The van der Waals surface area contributed by atoms with Crippen LogP contribution < -0.4 is 5.43 Å². The van der Waals surface area contributed by atoms with Gasteiger partial charge in [-0.1, -0.05) is 35.3 Å². The van der Waals surface area contributed by atoms with E-state index in [1.54, 1.807) is 30.6 Å². The predicted octanol–water partition coefficient (Wildman–Crippen LogP) is 3.83.